The van der Waals surface area contributed by atoms with E-state index in [0.717, 1.165) is 44.5 Å². The zero-order valence-corrected chi connectivity index (χ0v) is 11.1. The molecule has 0 heterocycles. The number of nitrogens with zero attached hydrogens (tertiary/aromatic N) is 1. The molecule has 0 bridgehead atoms. The van der Waals surface area contributed by atoms with Crippen molar-refractivity contribution in [3.63, 3.8) is 0 Å². The van der Waals surface area contributed by atoms with Gasteiger partial charge in [0, 0.05) is 13.1 Å². The van der Waals surface area contributed by atoms with Gasteiger partial charge in [-0.15, -0.1) is 0 Å². The molecule has 0 aliphatic carbocycles. The van der Waals surface area contributed by atoms with Crippen LogP contribution in [0.4, 0.5) is 0 Å². The number of ether oxygens (including phenoxy) is 1. The van der Waals surface area contributed by atoms with Crippen LogP contribution in [0, 0.1) is 0 Å². The second-order valence-electron chi connectivity index (χ2n) is 3.86. The van der Waals surface area contributed by atoms with Crippen LogP contribution in [0.15, 0.2) is 11.8 Å². The molecule has 3 heteroatoms. The van der Waals surface area contributed by atoms with Crippen molar-refractivity contribution >= 4 is 5.97 Å². The molecule has 16 heavy (non-hydrogen) atoms. The maximum atomic E-state index is 11.7. The summed E-state index contributed by atoms with van der Waals surface area (Å²) in [4.78, 5) is 13.8. The van der Waals surface area contributed by atoms with Crippen molar-refractivity contribution in [3.8, 4) is 0 Å². The molecule has 94 valence electrons. The van der Waals surface area contributed by atoms with Gasteiger partial charge in [0.1, 0.15) is 5.70 Å². The topological polar surface area (TPSA) is 29.5 Å². The second-order valence-corrected chi connectivity index (χ2v) is 3.86. The molecule has 0 N–H and O–H groups in total. The molecule has 0 aromatic rings. The molecule has 0 amide bonds. The van der Waals surface area contributed by atoms with Crippen molar-refractivity contribution in [2.24, 2.45) is 0 Å². The molecule has 0 radical (unpaired) electrons. The minimum atomic E-state index is -0.213. The van der Waals surface area contributed by atoms with Gasteiger partial charge in [-0.25, -0.2) is 4.79 Å². The van der Waals surface area contributed by atoms with Crippen LogP contribution in [0.25, 0.3) is 0 Å². The third-order valence-corrected chi connectivity index (χ3v) is 2.35. The van der Waals surface area contributed by atoms with Crippen LogP contribution in [-0.2, 0) is 9.53 Å². The van der Waals surface area contributed by atoms with Gasteiger partial charge < -0.3 is 9.64 Å². The quantitative estimate of drug-likeness (QED) is 0.471. The molecule has 0 atom stereocenters. The lowest BCUT2D eigenvalue weighted by molar-refractivity contribution is -0.138. The van der Waals surface area contributed by atoms with Gasteiger partial charge in [0.05, 0.1) is 7.11 Å². The van der Waals surface area contributed by atoms with E-state index in [1.165, 1.54) is 7.11 Å². The Kier molecular flexibility index (Phi) is 8.68. The molecule has 0 saturated heterocycles. The molecule has 0 unspecified atom stereocenters. The first-order valence-electron chi connectivity index (χ1n) is 6.24. The molecule has 0 aromatic carbocycles. The Morgan fingerprint density at radius 3 is 2.06 bits per heavy atom. The van der Waals surface area contributed by atoms with E-state index in [4.69, 9.17) is 4.74 Å². The fourth-order valence-corrected chi connectivity index (χ4v) is 1.62. The van der Waals surface area contributed by atoms with Crippen LogP contribution in [0.2, 0.25) is 0 Å². The maximum absolute atomic E-state index is 11.7. The van der Waals surface area contributed by atoms with E-state index in [-0.39, 0.29) is 5.97 Å². The van der Waals surface area contributed by atoms with Gasteiger partial charge in [0.15, 0.2) is 0 Å². The molecular formula is C13H25NO2. The summed E-state index contributed by atoms with van der Waals surface area (Å²) in [5.41, 5.74) is 0.730. The largest absolute Gasteiger partial charge is 0.464 e. The number of unbranched alkanes of at least 4 members (excludes halogenated alkanes) is 1. The van der Waals surface area contributed by atoms with Crippen LogP contribution in [0.1, 0.15) is 46.5 Å². The minimum Gasteiger partial charge on any atom is -0.464 e. The summed E-state index contributed by atoms with van der Waals surface area (Å²) in [6.45, 7) is 8.18. The number of carbonyl (C=O) groups excluding carboxylic acids is 1. The van der Waals surface area contributed by atoms with Crippen LogP contribution < -0.4 is 0 Å². The van der Waals surface area contributed by atoms with Crippen molar-refractivity contribution in [3.05, 3.63) is 11.8 Å². The van der Waals surface area contributed by atoms with Gasteiger partial charge in [-0.2, -0.15) is 0 Å². The van der Waals surface area contributed by atoms with Crippen molar-refractivity contribution in [2.45, 2.75) is 46.5 Å². The van der Waals surface area contributed by atoms with Crippen molar-refractivity contribution in [1.29, 1.82) is 0 Å². The smallest absolute Gasteiger partial charge is 0.353 e. The third kappa shape index (κ3) is 5.19. The van der Waals surface area contributed by atoms with E-state index in [1.807, 2.05) is 6.08 Å². The highest BCUT2D eigenvalue weighted by Gasteiger charge is 2.16. The Labute approximate surface area is 99.5 Å². The lowest BCUT2D eigenvalue weighted by atomic mass is 10.2. The fraction of sp³-hybridized carbons (Fsp3) is 0.769. The molecule has 0 aliphatic rings. The van der Waals surface area contributed by atoms with Crippen LogP contribution in [0.5, 0.6) is 0 Å². The van der Waals surface area contributed by atoms with E-state index < -0.39 is 0 Å². The Morgan fingerprint density at radius 1 is 1.12 bits per heavy atom. The summed E-state index contributed by atoms with van der Waals surface area (Å²) in [5, 5.41) is 0. The van der Waals surface area contributed by atoms with Gasteiger partial charge in [-0.05, 0) is 19.3 Å². The number of carbonyl (C=O) groups is 1. The van der Waals surface area contributed by atoms with Crippen molar-refractivity contribution in [1.82, 2.24) is 4.90 Å². The van der Waals surface area contributed by atoms with E-state index in [1.54, 1.807) is 0 Å². The highest BCUT2D eigenvalue weighted by molar-refractivity contribution is 5.87. The summed E-state index contributed by atoms with van der Waals surface area (Å²) < 4.78 is 4.83. The SMILES string of the molecule is CCCC=C(C(=O)OC)N(CCC)CCC. The summed E-state index contributed by atoms with van der Waals surface area (Å²) in [5.74, 6) is -0.213. The van der Waals surface area contributed by atoms with Crippen LogP contribution >= 0.6 is 0 Å². The molecule has 0 aromatic heterocycles. The zero-order chi connectivity index (χ0) is 12.4. The molecule has 0 rings (SSSR count). The van der Waals surface area contributed by atoms with Crippen LogP contribution in [-0.4, -0.2) is 31.1 Å². The number of rotatable bonds is 8. The number of methoxy groups -OCH3 is 1. The number of allylic oxidation sites excluding steroid dienone is 1. The average molecular weight is 227 g/mol. The normalized spacial score (nSPS) is 11.4. The first-order valence-corrected chi connectivity index (χ1v) is 6.24. The summed E-state index contributed by atoms with van der Waals surface area (Å²) in [7, 11) is 1.44. The Morgan fingerprint density at radius 2 is 1.69 bits per heavy atom. The maximum Gasteiger partial charge on any atom is 0.353 e. The van der Waals surface area contributed by atoms with Gasteiger partial charge in [0.2, 0.25) is 0 Å². The molecule has 0 fully saturated rings. The third-order valence-electron chi connectivity index (χ3n) is 2.35. The summed E-state index contributed by atoms with van der Waals surface area (Å²) in [6.07, 6.45) is 6.05. The lowest BCUT2D eigenvalue weighted by Crippen LogP contribution is -2.30. The van der Waals surface area contributed by atoms with Crippen LogP contribution in [0.3, 0.4) is 0 Å². The van der Waals surface area contributed by atoms with Gasteiger partial charge in [0.25, 0.3) is 0 Å². The highest BCUT2D eigenvalue weighted by Crippen LogP contribution is 2.10. The molecule has 0 aliphatic heterocycles. The van der Waals surface area contributed by atoms with E-state index in [2.05, 4.69) is 25.7 Å². The molecule has 0 saturated carbocycles. The van der Waals surface area contributed by atoms with Gasteiger partial charge >= 0.3 is 5.97 Å². The fourth-order valence-electron chi connectivity index (χ4n) is 1.62. The van der Waals surface area contributed by atoms with Crippen molar-refractivity contribution < 1.29 is 9.53 Å². The predicted molar refractivity (Wildman–Crippen MR) is 67.2 cm³/mol. The molecule has 0 spiro atoms. The number of hydrogen-bond acceptors (Lipinski definition) is 3. The first kappa shape index (κ1) is 15.0. The lowest BCUT2D eigenvalue weighted by Gasteiger charge is -2.25. The van der Waals surface area contributed by atoms with Gasteiger partial charge in [-0.1, -0.05) is 33.3 Å². The van der Waals surface area contributed by atoms with E-state index in [9.17, 15) is 4.79 Å². The Bertz CT molecular complexity index is 218. The Hall–Kier alpha value is -0.990. The second kappa shape index (κ2) is 9.25. The number of hydrogen-bond donors (Lipinski definition) is 0. The zero-order valence-electron chi connectivity index (χ0n) is 11.1. The average Bonchev–Trinajstić information content (AvgIpc) is 2.29. The standard InChI is InChI=1S/C13H25NO2/c1-5-8-9-12(13(15)16-4)14(10-6-2)11-7-3/h9H,5-8,10-11H2,1-4H3. The molecular weight excluding hydrogens is 202 g/mol. The predicted octanol–water partition coefficient (Wildman–Crippen LogP) is 2.97. The van der Waals surface area contributed by atoms with E-state index in [0.29, 0.717) is 0 Å². The minimum absolute atomic E-state index is 0.213. The number of esters is 1. The Balaban J connectivity index is 4.72. The summed E-state index contributed by atoms with van der Waals surface area (Å²) in [6, 6.07) is 0. The van der Waals surface area contributed by atoms with E-state index >= 15 is 0 Å². The monoisotopic (exact) mass is 227 g/mol. The van der Waals surface area contributed by atoms with Crippen molar-refractivity contribution in [2.75, 3.05) is 20.2 Å². The highest BCUT2D eigenvalue weighted by atomic mass is 16.5. The molecule has 3 nitrogen and oxygen atoms in total. The first-order chi connectivity index (χ1) is 7.71. The summed E-state index contributed by atoms with van der Waals surface area (Å²) >= 11 is 0. The van der Waals surface area contributed by atoms with Gasteiger partial charge in [-0.3, -0.25) is 0 Å².